The fourth-order valence-corrected chi connectivity index (χ4v) is 10.7. The summed E-state index contributed by atoms with van der Waals surface area (Å²) in [6.07, 6.45) is 8.20. The number of thiophene rings is 1. The van der Waals surface area contributed by atoms with E-state index in [-0.39, 0.29) is 0 Å². The number of hydrogen-bond acceptors (Lipinski definition) is 1. The number of benzene rings is 8. The van der Waals surface area contributed by atoms with Crippen molar-refractivity contribution >= 4 is 80.7 Å². The molecule has 8 aromatic carbocycles. The molecule has 0 aliphatic heterocycles. The van der Waals surface area contributed by atoms with E-state index < -0.39 is 0 Å². The summed E-state index contributed by atoms with van der Waals surface area (Å²) < 4.78 is 7.61. The molecule has 1 unspecified atom stereocenters. The zero-order chi connectivity index (χ0) is 37.5. The number of para-hydroxylation sites is 4. The van der Waals surface area contributed by atoms with Crippen LogP contribution in [0.3, 0.4) is 0 Å². The molecule has 1 aliphatic rings. The highest BCUT2D eigenvalue weighted by atomic mass is 32.1. The first-order chi connectivity index (χ1) is 28.3. The molecule has 268 valence electrons. The van der Waals surface area contributed by atoms with E-state index in [9.17, 15) is 0 Å². The van der Waals surface area contributed by atoms with Crippen LogP contribution in [0, 0.1) is 0 Å². The quantitative estimate of drug-likeness (QED) is 0.166. The average Bonchev–Trinajstić information content (AvgIpc) is 3.94. The molecule has 1 aliphatic carbocycles. The summed E-state index contributed by atoms with van der Waals surface area (Å²) in [4.78, 5) is 0. The van der Waals surface area contributed by atoms with Gasteiger partial charge in [0.2, 0.25) is 0 Å². The molecule has 12 rings (SSSR count). The van der Waals surface area contributed by atoms with E-state index in [1.54, 1.807) is 0 Å². The standard InChI is InChI=1S/C54H36N2S/c1-3-14-35(15-4-1)36-26-28-37(29-27-36)47-33-40(34-48-45-20-9-12-25-52(45)57-54(47)48)55-49-23-10-7-18-42(49)44-31-30-38(32-51(44)55)41-21-13-22-46-43-19-8-11-24-50(43)56(53(41)46)39-16-5-2-6-17-39/h1-26,28-34,36H,27H2. The Hall–Kier alpha value is -6.94. The highest BCUT2D eigenvalue weighted by Crippen LogP contribution is 2.45. The van der Waals surface area contributed by atoms with Crippen molar-refractivity contribution in [2.45, 2.75) is 12.3 Å². The molecule has 0 bridgehead atoms. The molecule has 3 heteroatoms. The minimum Gasteiger partial charge on any atom is -0.309 e. The van der Waals surface area contributed by atoms with Crippen LogP contribution in [0.5, 0.6) is 0 Å². The van der Waals surface area contributed by atoms with Crippen LogP contribution in [0.25, 0.3) is 91.9 Å². The molecule has 2 nitrogen and oxygen atoms in total. The van der Waals surface area contributed by atoms with Gasteiger partial charge in [0.1, 0.15) is 0 Å². The van der Waals surface area contributed by atoms with Gasteiger partial charge < -0.3 is 9.13 Å². The first-order valence-electron chi connectivity index (χ1n) is 19.8. The molecule has 57 heavy (non-hydrogen) atoms. The fourth-order valence-electron chi connectivity index (χ4n) is 9.44. The lowest BCUT2D eigenvalue weighted by atomic mass is 9.88. The van der Waals surface area contributed by atoms with Crippen LogP contribution in [-0.2, 0) is 0 Å². The first-order valence-corrected chi connectivity index (χ1v) is 20.6. The molecule has 11 aromatic rings. The van der Waals surface area contributed by atoms with Crippen molar-refractivity contribution in [2.24, 2.45) is 0 Å². The van der Waals surface area contributed by atoms with Gasteiger partial charge >= 0.3 is 0 Å². The molecule has 3 aromatic heterocycles. The Morgan fingerprint density at radius 2 is 1.12 bits per heavy atom. The number of nitrogens with zero attached hydrogens (tertiary/aromatic N) is 2. The third-order valence-electron chi connectivity index (χ3n) is 12.1. The van der Waals surface area contributed by atoms with E-state index in [1.165, 1.54) is 97.3 Å². The zero-order valence-corrected chi connectivity index (χ0v) is 32.0. The van der Waals surface area contributed by atoms with Crippen molar-refractivity contribution in [2.75, 3.05) is 0 Å². The second kappa shape index (κ2) is 12.8. The topological polar surface area (TPSA) is 9.86 Å². The molecule has 0 spiro atoms. The van der Waals surface area contributed by atoms with Crippen molar-refractivity contribution in [3.05, 3.63) is 211 Å². The first kappa shape index (κ1) is 32.3. The van der Waals surface area contributed by atoms with Gasteiger partial charge in [0, 0.05) is 70.1 Å². The van der Waals surface area contributed by atoms with Crippen molar-refractivity contribution in [3.63, 3.8) is 0 Å². The molecule has 0 saturated heterocycles. The highest BCUT2D eigenvalue weighted by Gasteiger charge is 2.21. The van der Waals surface area contributed by atoms with Crippen LogP contribution in [0.1, 0.15) is 23.5 Å². The third-order valence-corrected chi connectivity index (χ3v) is 13.3. The van der Waals surface area contributed by atoms with Crippen molar-refractivity contribution in [1.29, 1.82) is 0 Å². The minimum atomic E-state index is 0.386. The number of rotatable bonds is 5. The summed E-state index contributed by atoms with van der Waals surface area (Å²) in [5, 5.41) is 7.65. The Morgan fingerprint density at radius 1 is 0.456 bits per heavy atom. The smallest absolute Gasteiger partial charge is 0.0619 e. The Balaban J connectivity index is 1.11. The fraction of sp³-hybridized carbons (Fsp3) is 0.0370. The second-order valence-corrected chi connectivity index (χ2v) is 16.3. The number of aromatic nitrogens is 2. The maximum atomic E-state index is 2.51. The van der Waals surface area contributed by atoms with Crippen LogP contribution in [-0.4, -0.2) is 9.13 Å². The Morgan fingerprint density at radius 3 is 1.91 bits per heavy atom. The molecule has 0 fully saturated rings. The summed E-state index contributed by atoms with van der Waals surface area (Å²) in [7, 11) is 0. The second-order valence-electron chi connectivity index (χ2n) is 15.2. The van der Waals surface area contributed by atoms with Crippen molar-refractivity contribution in [3.8, 4) is 22.5 Å². The van der Waals surface area contributed by atoms with E-state index >= 15 is 0 Å². The summed E-state index contributed by atoms with van der Waals surface area (Å²) in [6, 6.07) is 67.0. The maximum absolute atomic E-state index is 2.51. The van der Waals surface area contributed by atoms with E-state index in [0.717, 1.165) is 12.1 Å². The number of allylic oxidation sites excluding steroid dienone is 4. The normalized spacial score (nSPS) is 14.5. The Kier molecular flexibility index (Phi) is 7.26. The monoisotopic (exact) mass is 744 g/mol. The molecule has 0 saturated carbocycles. The van der Waals surface area contributed by atoms with E-state index in [4.69, 9.17) is 0 Å². The largest absolute Gasteiger partial charge is 0.309 e. The van der Waals surface area contributed by atoms with Gasteiger partial charge in [-0.15, -0.1) is 11.3 Å². The number of hydrogen-bond donors (Lipinski definition) is 0. The van der Waals surface area contributed by atoms with Gasteiger partial charge in [-0.05, 0) is 71.7 Å². The summed E-state index contributed by atoms with van der Waals surface area (Å²) in [6.45, 7) is 0. The van der Waals surface area contributed by atoms with E-state index in [0.29, 0.717) is 5.92 Å². The van der Waals surface area contributed by atoms with Gasteiger partial charge in [-0.25, -0.2) is 0 Å². The lowest BCUT2D eigenvalue weighted by Gasteiger charge is -2.18. The van der Waals surface area contributed by atoms with Crippen LogP contribution in [0.4, 0.5) is 0 Å². The lowest BCUT2D eigenvalue weighted by molar-refractivity contribution is 0.857. The van der Waals surface area contributed by atoms with Gasteiger partial charge in [-0.3, -0.25) is 0 Å². The SMILES string of the molecule is C1=CC(c2ccccc2)CC=C1c1cc(-n2c3ccccc3c3ccc(-c4cccc5c6ccccc6n(-c6ccccc6)c45)cc32)cc2c1sc1ccccc12. The lowest BCUT2D eigenvalue weighted by Crippen LogP contribution is -2.00. The van der Waals surface area contributed by atoms with Crippen molar-refractivity contribution < 1.29 is 0 Å². The predicted molar refractivity (Wildman–Crippen MR) is 244 cm³/mol. The Labute approximate surface area is 334 Å². The molecular formula is C54H36N2S. The predicted octanol–water partition coefficient (Wildman–Crippen LogP) is 15.0. The van der Waals surface area contributed by atoms with Crippen molar-refractivity contribution in [1.82, 2.24) is 9.13 Å². The number of fused-ring (bicyclic) bond motifs is 9. The molecule has 1 atom stereocenters. The van der Waals surface area contributed by atoms with Gasteiger partial charge in [0.05, 0.1) is 22.1 Å². The van der Waals surface area contributed by atoms with Crippen LogP contribution < -0.4 is 0 Å². The average molecular weight is 745 g/mol. The van der Waals surface area contributed by atoms with Gasteiger partial charge in [-0.1, -0.05) is 152 Å². The molecule has 0 radical (unpaired) electrons. The van der Waals surface area contributed by atoms with E-state index in [2.05, 4.69) is 209 Å². The van der Waals surface area contributed by atoms with Crippen LogP contribution in [0.2, 0.25) is 0 Å². The van der Waals surface area contributed by atoms with Gasteiger partial charge in [0.15, 0.2) is 0 Å². The zero-order valence-electron chi connectivity index (χ0n) is 31.1. The maximum Gasteiger partial charge on any atom is 0.0619 e. The van der Waals surface area contributed by atoms with Gasteiger partial charge in [0.25, 0.3) is 0 Å². The Bertz CT molecular complexity index is 3430. The third kappa shape index (κ3) is 5.02. The van der Waals surface area contributed by atoms with Crippen LogP contribution in [0.15, 0.2) is 200 Å². The summed E-state index contributed by atoms with van der Waals surface area (Å²) >= 11 is 1.91. The minimum absolute atomic E-state index is 0.386. The molecule has 0 N–H and O–H groups in total. The van der Waals surface area contributed by atoms with E-state index in [1.807, 2.05) is 11.3 Å². The van der Waals surface area contributed by atoms with Crippen LogP contribution >= 0.6 is 11.3 Å². The molecular weight excluding hydrogens is 709 g/mol. The summed E-state index contributed by atoms with van der Waals surface area (Å²) in [5.74, 6) is 0.386. The molecule has 3 heterocycles. The highest BCUT2D eigenvalue weighted by molar-refractivity contribution is 7.26. The molecule has 0 amide bonds. The summed E-state index contributed by atoms with van der Waals surface area (Å²) in [5.41, 5.74) is 13.6. The van der Waals surface area contributed by atoms with Gasteiger partial charge in [-0.2, -0.15) is 0 Å².